The lowest BCUT2D eigenvalue weighted by Gasteiger charge is -2.04. The van der Waals surface area contributed by atoms with E-state index in [4.69, 9.17) is 11.6 Å². The fourth-order valence-electron chi connectivity index (χ4n) is 2.11. The summed E-state index contributed by atoms with van der Waals surface area (Å²) in [6, 6.07) is 16.7. The first kappa shape index (κ1) is 14.4. The summed E-state index contributed by atoms with van der Waals surface area (Å²) in [6.07, 6.45) is 0.585. The Labute approximate surface area is 132 Å². The van der Waals surface area contributed by atoms with Gasteiger partial charge in [-0.1, -0.05) is 41.9 Å². The summed E-state index contributed by atoms with van der Waals surface area (Å²) in [4.78, 5) is 12.3. The Hall–Kier alpha value is -2.53. The third kappa shape index (κ3) is 3.38. The van der Waals surface area contributed by atoms with E-state index in [1.54, 1.807) is 24.3 Å². The van der Waals surface area contributed by atoms with E-state index < -0.39 is 0 Å². The molecule has 3 aromatic rings. The van der Waals surface area contributed by atoms with E-state index in [0.717, 1.165) is 5.56 Å². The van der Waals surface area contributed by atoms with Crippen molar-refractivity contribution >= 4 is 17.4 Å². The van der Waals surface area contributed by atoms with Crippen LogP contribution < -0.4 is 0 Å². The summed E-state index contributed by atoms with van der Waals surface area (Å²) < 4.78 is 1.53. The smallest absolute Gasteiger partial charge is 0.184 e. The predicted molar refractivity (Wildman–Crippen MR) is 82.8 cm³/mol. The van der Waals surface area contributed by atoms with Gasteiger partial charge in [0, 0.05) is 17.0 Å². The van der Waals surface area contributed by atoms with E-state index in [9.17, 15) is 4.79 Å². The van der Waals surface area contributed by atoms with E-state index in [0.29, 0.717) is 22.8 Å². The topological polar surface area (TPSA) is 60.7 Å². The van der Waals surface area contributed by atoms with Crippen molar-refractivity contribution in [3.05, 3.63) is 76.6 Å². The molecule has 3 rings (SSSR count). The molecule has 0 radical (unpaired) electrons. The summed E-state index contributed by atoms with van der Waals surface area (Å²) in [5, 5.41) is 12.2. The third-order valence-corrected chi connectivity index (χ3v) is 3.52. The molecule has 0 unspecified atom stereocenters. The molecule has 0 aliphatic rings. The van der Waals surface area contributed by atoms with Gasteiger partial charge in [-0.15, -0.1) is 5.10 Å². The van der Waals surface area contributed by atoms with E-state index in [1.165, 1.54) is 4.68 Å². The van der Waals surface area contributed by atoms with E-state index in [2.05, 4.69) is 15.5 Å². The number of carbonyl (C=O) groups excluding carboxylic acids is 1. The first-order chi connectivity index (χ1) is 10.7. The van der Waals surface area contributed by atoms with Crippen LogP contribution in [0.3, 0.4) is 0 Å². The molecule has 0 saturated carbocycles. The highest BCUT2D eigenvalue weighted by Gasteiger charge is 2.12. The van der Waals surface area contributed by atoms with Gasteiger partial charge in [0.15, 0.2) is 11.6 Å². The molecule has 0 saturated heterocycles. The van der Waals surface area contributed by atoms with E-state index in [-0.39, 0.29) is 12.3 Å². The number of halogens is 1. The molecule has 0 spiro atoms. The van der Waals surface area contributed by atoms with Crippen molar-refractivity contribution in [2.24, 2.45) is 0 Å². The second kappa shape index (κ2) is 6.49. The van der Waals surface area contributed by atoms with Crippen LogP contribution >= 0.6 is 11.6 Å². The second-order valence-electron chi connectivity index (χ2n) is 4.85. The quantitative estimate of drug-likeness (QED) is 0.680. The van der Waals surface area contributed by atoms with Crippen LogP contribution in [-0.2, 0) is 13.0 Å². The van der Waals surface area contributed by atoms with Gasteiger partial charge >= 0.3 is 0 Å². The number of benzene rings is 2. The minimum atomic E-state index is -0.0571. The highest BCUT2D eigenvalue weighted by Crippen LogP contribution is 2.11. The zero-order valence-electron chi connectivity index (χ0n) is 11.7. The fraction of sp³-hybridized carbons (Fsp3) is 0.125. The van der Waals surface area contributed by atoms with Crippen LogP contribution in [0.4, 0.5) is 0 Å². The van der Waals surface area contributed by atoms with Gasteiger partial charge in [-0.2, -0.15) is 0 Å². The summed E-state index contributed by atoms with van der Waals surface area (Å²) in [7, 11) is 0. The maximum atomic E-state index is 12.3. The number of carbonyl (C=O) groups is 1. The van der Waals surface area contributed by atoms with Crippen molar-refractivity contribution in [1.29, 1.82) is 0 Å². The Bertz CT molecular complexity index is 768. The number of rotatable bonds is 5. The van der Waals surface area contributed by atoms with Gasteiger partial charge in [0.05, 0.1) is 0 Å². The van der Waals surface area contributed by atoms with Crippen molar-refractivity contribution < 1.29 is 4.79 Å². The number of tetrazole rings is 1. The van der Waals surface area contributed by atoms with Crippen LogP contribution in [0.25, 0.3) is 0 Å². The molecule has 110 valence electrons. The fourth-order valence-corrected chi connectivity index (χ4v) is 2.24. The molecule has 0 aliphatic heterocycles. The van der Waals surface area contributed by atoms with Crippen molar-refractivity contribution in [3.8, 4) is 0 Å². The number of nitrogens with zero attached hydrogens (tertiary/aromatic N) is 4. The van der Waals surface area contributed by atoms with Gasteiger partial charge in [0.25, 0.3) is 0 Å². The Morgan fingerprint density at radius 1 is 1.05 bits per heavy atom. The van der Waals surface area contributed by atoms with Crippen LogP contribution in [0.5, 0.6) is 0 Å². The third-order valence-electron chi connectivity index (χ3n) is 3.27. The van der Waals surface area contributed by atoms with Crippen LogP contribution in [0.2, 0.25) is 5.02 Å². The van der Waals surface area contributed by atoms with Gasteiger partial charge in [-0.3, -0.25) is 4.79 Å². The monoisotopic (exact) mass is 312 g/mol. The van der Waals surface area contributed by atoms with Gasteiger partial charge < -0.3 is 0 Å². The normalized spacial score (nSPS) is 10.6. The molecule has 5 nitrogen and oxygen atoms in total. The number of hydrogen-bond donors (Lipinski definition) is 0. The van der Waals surface area contributed by atoms with Crippen LogP contribution in [-0.4, -0.2) is 26.0 Å². The van der Waals surface area contributed by atoms with Crippen LogP contribution in [0, 0.1) is 0 Å². The molecule has 0 aliphatic carbocycles. The summed E-state index contributed by atoms with van der Waals surface area (Å²) in [6.45, 7) is 0.108. The predicted octanol–water partition coefficient (Wildman–Crippen LogP) is 2.80. The molecule has 1 aromatic heterocycles. The van der Waals surface area contributed by atoms with Crippen molar-refractivity contribution in [2.45, 2.75) is 13.0 Å². The lowest BCUT2D eigenvalue weighted by Crippen LogP contribution is -2.15. The van der Waals surface area contributed by atoms with Crippen molar-refractivity contribution in [2.75, 3.05) is 0 Å². The van der Waals surface area contributed by atoms with Crippen LogP contribution in [0.1, 0.15) is 21.7 Å². The lowest BCUT2D eigenvalue weighted by molar-refractivity contribution is 0.0965. The Kier molecular flexibility index (Phi) is 4.25. The Morgan fingerprint density at radius 2 is 1.77 bits per heavy atom. The average molecular weight is 313 g/mol. The minimum Gasteiger partial charge on any atom is -0.292 e. The average Bonchev–Trinajstić information content (AvgIpc) is 2.96. The molecule has 0 bridgehead atoms. The molecule has 1 heterocycles. The minimum absolute atomic E-state index is 0.0571. The molecule has 2 aromatic carbocycles. The molecule has 6 heteroatoms. The van der Waals surface area contributed by atoms with E-state index >= 15 is 0 Å². The lowest BCUT2D eigenvalue weighted by atomic mass is 10.1. The Balaban J connectivity index is 1.75. The first-order valence-corrected chi connectivity index (χ1v) is 7.18. The first-order valence-electron chi connectivity index (χ1n) is 6.80. The van der Waals surface area contributed by atoms with Crippen LogP contribution in [0.15, 0.2) is 54.6 Å². The molecular weight excluding hydrogens is 300 g/mol. The van der Waals surface area contributed by atoms with Gasteiger partial charge in [-0.05, 0) is 40.3 Å². The molecule has 0 amide bonds. The number of Topliss-reactive ketones (excluding diaryl/α,β-unsaturated/α-hetero) is 1. The summed E-state index contributed by atoms with van der Waals surface area (Å²) in [5.41, 5.74) is 1.68. The van der Waals surface area contributed by atoms with Crippen molar-refractivity contribution in [3.63, 3.8) is 0 Å². The zero-order valence-corrected chi connectivity index (χ0v) is 12.4. The van der Waals surface area contributed by atoms with Gasteiger partial charge in [-0.25, -0.2) is 4.68 Å². The molecule has 0 atom stereocenters. The number of aromatic nitrogens is 4. The molecule has 0 fully saturated rings. The second-order valence-corrected chi connectivity index (χ2v) is 5.28. The highest BCUT2D eigenvalue weighted by atomic mass is 35.5. The summed E-state index contributed by atoms with van der Waals surface area (Å²) >= 11 is 5.83. The largest absolute Gasteiger partial charge is 0.292 e. The maximum Gasteiger partial charge on any atom is 0.184 e. The van der Waals surface area contributed by atoms with Gasteiger partial charge in [0.1, 0.15) is 6.54 Å². The zero-order chi connectivity index (χ0) is 15.4. The van der Waals surface area contributed by atoms with E-state index in [1.807, 2.05) is 30.3 Å². The number of ketones is 1. The molecular formula is C16H13ClN4O. The molecule has 22 heavy (non-hydrogen) atoms. The standard InChI is InChI=1S/C16H13ClN4O/c17-14-8-6-13(7-9-14)15(22)11-21-16(18-19-20-21)10-12-4-2-1-3-5-12/h1-9H,10-11H2. The SMILES string of the molecule is O=C(Cn1nnnc1Cc1ccccc1)c1ccc(Cl)cc1. The van der Waals surface area contributed by atoms with Crippen molar-refractivity contribution in [1.82, 2.24) is 20.2 Å². The maximum absolute atomic E-state index is 12.3. The number of hydrogen-bond acceptors (Lipinski definition) is 4. The summed E-state index contributed by atoms with van der Waals surface area (Å²) in [5.74, 6) is 0.604. The Morgan fingerprint density at radius 3 is 2.50 bits per heavy atom. The highest BCUT2D eigenvalue weighted by molar-refractivity contribution is 6.30. The molecule has 0 N–H and O–H groups in total. The van der Waals surface area contributed by atoms with Gasteiger partial charge in [0.2, 0.25) is 0 Å².